The Bertz CT molecular complexity index is 784. The molecule has 1 amide bonds. The lowest BCUT2D eigenvalue weighted by Gasteiger charge is -2.17. The number of likely N-dealkylation sites (tertiary alicyclic amines) is 1. The van der Waals surface area contributed by atoms with E-state index in [1.165, 1.54) is 12.8 Å². The molecule has 1 N–H and O–H groups in total. The average Bonchev–Trinajstić information content (AvgIpc) is 3.19. The summed E-state index contributed by atoms with van der Waals surface area (Å²) in [5.41, 5.74) is 5.74. The first kappa shape index (κ1) is 18.1. The Hall–Kier alpha value is -2.73. The monoisotopic (exact) mass is 352 g/mol. The maximum absolute atomic E-state index is 12.1. The molecule has 0 saturated carbocycles. The Labute approximate surface area is 153 Å². The van der Waals surface area contributed by atoms with Crippen LogP contribution >= 0.6 is 0 Å². The third-order valence-electron chi connectivity index (χ3n) is 4.51. The number of nitrogens with one attached hydrogen (secondary N) is 1. The second-order valence-corrected chi connectivity index (χ2v) is 6.36. The van der Waals surface area contributed by atoms with Crippen molar-refractivity contribution in [3.05, 3.63) is 59.4 Å². The SMILES string of the molecule is COc1ccc(/C(C)=N\NC(=O)c2ccccn2)cc1CN1CCCC1. The van der Waals surface area contributed by atoms with Gasteiger partial charge in [-0.1, -0.05) is 6.07 Å². The van der Waals surface area contributed by atoms with E-state index in [1.54, 1.807) is 31.5 Å². The summed E-state index contributed by atoms with van der Waals surface area (Å²) in [6.07, 6.45) is 4.09. The van der Waals surface area contributed by atoms with Crippen LogP contribution < -0.4 is 10.2 Å². The molecule has 0 unspecified atom stereocenters. The zero-order valence-electron chi connectivity index (χ0n) is 15.2. The lowest BCUT2D eigenvalue weighted by molar-refractivity contribution is 0.0950. The summed E-state index contributed by atoms with van der Waals surface area (Å²) in [6, 6.07) is 11.2. The molecule has 2 aromatic rings. The summed E-state index contributed by atoms with van der Waals surface area (Å²) in [5.74, 6) is 0.557. The van der Waals surface area contributed by atoms with Gasteiger partial charge in [-0.05, 0) is 68.8 Å². The number of aromatic nitrogens is 1. The van der Waals surface area contributed by atoms with Gasteiger partial charge < -0.3 is 4.74 Å². The van der Waals surface area contributed by atoms with Crippen LogP contribution in [-0.2, 0) is 6.54 Å². The summed E-state index contributed by atoms with van der Waals surface area (Å²) in [4.78, 5) is 18.5. The number of hydrogen-bond donors (Lipinski definition) is 1. The van der Waals surface area contributed by atoms with Crippen molar-refractivity contribution < 1.29 is 9.53 Å². The van der Waals surface area contributed by atoms with Crippen LogP contribution in [0.15, 0.2) is 47.7 Å². The van der Waals surface area contributed by atoms with Crippen LogP contribution in [0.25, 0.3) is 0 Å². The molecule has 0 aliphatic carbocycles. The summed E-state index contributed by atoms with van der Waals surface area (Å²) in [6.45, 7) is 4.99. The number of benzene rings is 1. The smallest absolute Gasteiger partial charge is 0.289 e. The van der Waals surface area contributed by atoms with Crippen molar-refractivity contribution in [1.82, 2.24) is 15.3 Å². The van der Waals surface area contributed by atoms with E-state index in [1.807, 2.05) is 19.1 Å². The molecule has 2 heterocycles. The standard InChI is InChI=1S/C20H24N4O2/c1-15(22-23-20(25)18-7-3-4-10-21-18)16-8-9-19(26-2)17(13-16)14-24-11-5-6-12-24/h3-4,7-10,13H,5-6,11-12,14H2,1-2H3,(H,23,25)/b22-15-. The Morgan fingerprint density at radius 1 is 1.27 bits per heavy atom. The van der Waals surface area contributed by atoms with E-state index in [9.17, 15) is 4.79 Å². The van der Waals surface area contributed by atoms with Crippen molar-refractivity contribution in [1.29, 1.82) is 0 Å². The highest BCUT2D eigenvalue weighted by atomic mass is 16.5. The minimum absolute atomic E-state index is 0.323. The molecular formula is C20H24N4O2. The van der Waals surface area contributed by atoms with E-state index < -0.39 is 0 Å². The van der Waals surface area contributed by atoms with Gasteiger partial charge >= 0.3 is 0 Å². The summed E-state index contributed by atoms with van der Waals surface area (Å²) in [5, 5.41) is 4.22. The minimum Gasteiger partial charge on any atom is -0.496 e. The fourth-order valence-corrected chi connectivity index (χ4v) is 3.06. The van der Waals surface area contributed by atoms with E-state index in [0.717, 1.165) is 42.2 Å². The molecule has 0 spiro atoms. The average molecular weight is 352 g/mol. The summed E-state index contributed by atoms with van der Waals surface area (Å²) in [7, 11) is 1.69. The van der Waals surface area contributed by atoms with E-state index >= 15 is 0 Å². The number of pyridine rings is 1. The van der Waals surface area contributed by atoms with Gasteiger partial charge in [0.05, 0.1) is 12.8 Å². The van der Waals surface area contributed by atoms with Crippen LogP contribution in [0.5, 0.6) is 5.75 Å². The molecule has 136 valence electrons. The molecule has 0 bridgehead atoms. The predicted molar refractivity (Wildman–Crippen MR) is 101 cm³/mol. The maximum atomic E-state index is 12.1. The lowest BCUT2D eigenvalue weighted by atomic mass is 10.1. The number of carbonyl (C=O) groups excluding carboxylic acids is 1. The van der Waals surface area contributed by atoms with Crippen molar-refractivity contribution in [3.8, 4) is 5.75 Å². The molecule has 1 aromatic heterocycles. The zero-order chi connectivity index (χ0) is 18.4. The normalized spacial score (nSPS) is 15.1. The number of hydrazone groups is 1. The fourth-order valence-electron chi connectivity index (χ4n) is 3.06. The van der Waals surface area contributed by atoms with Crippen LogP contribution in [0, 0.1) is 0 Å². The van der Waals surface area contributed by atoms with Gasteiger partial charge in [-0.2, -0.15) is 5.10 Å². The van der Waals surface area contributed by atoms with Gasteiger partial charge in [-0.15, -0.1) is 0 Å². The summed E-state index contributed by atoms with van der Waals surface area (Å²) >= 11 is 0. The van der Waals surface area contributed by atoms with Gasteiger partial charge in [0.25, 0.3) is 5.91 Å². The first-order chi connectivity index (χ1) is 12.7. The molecule has 1 aliphatic heterocycles. The first-order valence-corrected chi connectivity index (χ1v) is 8.82. The van der Waals surface area contributed by atoms with Crippen LogP contribution in [0.2, 0.25) is 0 Å². The second kappa shape index (κ2) is 8.58. The Morgan fingerprint density at radius 3 is 2.77 bits per heavy atom. The molecule has 0 atom stereocenters. The van der Waals surface area contributed by atoms with Gasteiger partial charge in [-0.3, -0.25) is 14.7 Å². The fraction of sp³-hybridized carbons (Fsp3) is 0.350. The van der Waals surface area contributed by atoms with Crippen LogP contribution in [0.4, 0.5) is 0 Å². The van der Waals surface area contributed by atoms with Crippen molar-refractivity contribution in [2.75, 3.05) is 20.2 Å². The van der Waals surface area contributed by atoms with Gasteiger partial charge in [0.1, 0.15) is 11.4 Å². The topological polar surface area (TPSA) is 66.8 Å². The number of amides is 1. The molecule has 3 rings (SSSR count). The maximum Gasteiger partial charge on any atom is 0.289 e. The quantitative estimate of drug-likeness (QED) is 0.641. The van der Waals surface area contributed by atoms with Crippen molar-refractivity contribution in [3.63, 3.8) is 0 Å². The number of ether oxygens (including phenoxy) is 1. The number of methoxy groups -OCH3 is 1. The second-order valence-electron chi connectivity index (χ2n) is 6.36. The molecule has 26 heavy (non-hydrogen) atoms. The minimum atomic E-state index is -0.323. The predicted octanol–water partition coefficient (Wildman–Crippen LogP) is 2.84. The number of hydrogen-bond acceptors (Lipinski definition) is 5. The molecule has 6 heteroatoms. The van der Waals surface area contributed by atoms with E-state index in [0.29, 0.717) is 5.69 Å². The van der Waals surface area contributed by atoms with Gasteiger partial charge in [0, 0.05) is 18.3 Å². The number of rotatable bonds is 6. The zero-order valence-corrected chi connectivity index (χ0v) is 15.2. The van der Waals surface area contributed by atoms with Crippen molar-refractivity contribution in [2.24, 2.45) is 5.10 Å². The van der Waals surface area contributed by atoms with Crippen LogP contribution in [0.1, 0.15) is 41.4 Å². The molecule has 1 aromatic carbocycles. The van der Waals surface area contributed by atoms with Crippen molar-refractivity contribution >= 4 is 11.6 Å². The Balaban J connectivity index is 1.73. The molecule has 1 saturated heterocycles. The van der Waals surface area contributed by atoms with Crippen LogP contribution in [-0.4, -0.2) is 41.7 Å². The van der Waals surface area contributed by atoms with Gasteiger partial charge in [0.15, 0.2) is 0 Å². The van der Waals surface area contributed by atoms with E-state index in [-0.39, 0.29) is 5.91 Å². The third-order valence-corrected chi connectivity index (χ3v) is 4.51. The summed E-state index contributed by atoms with van der Waals surface area (Å²) < 4.78 is 5.50. The third kappa shape index (κ3) is 4.46. The molecule has 0 radical (unpaired) electrons. The number of nitrogens with zero attached hydrogens (tertiary/aromatic N) is 3. The molecule has 6 nitrogen and oxygen atoms in total. The largest absolute Gasteiger partial charge is 0.496 e. The van der Waals surface area contributed by atoms with E-state index in [2.05, 4.69) is 26.5 Å². The molecule has 1 fully saturated rings. The number of carbonyl (C=O) groups is 1. The highest BCUT2D eigenvalue weighted by Crippen LogP contribution is 2.23. The van der Waals surface area contributed by atoms with Crippen molar-refractivity contribution in [2.45, 2.75) is 26.3 Å². The van der Waals surface area contributed by atoms with E-state index in [4.69, 9.17) is 4.74 Å². The highest BCUT2D eigenvalue weighted by molar-refractivity contribution is 6.00. The Morgan fingerprint density at radius 2 is 2.08 bits per heavy atom. The van der Waals surface area contributed by atoms with Crippen LogP contribution in [0.3, 0.4) is 0 Å². The lowest BCUT2D eigenvalue weighted by Crippen LogP contribution is -2.21. The van der Waals surface area contributed by atoms with Gasteiger partial charge in [0.2, 0.25) is 0 Å². The molecule has 1 aliphatic rings. The van der Waals surface area contributed by atoms with Gasteiger partial charge in [-0.25, -0.2) is 5.43 Å². The Kier molecular flexibility index (Phi) is 5.96. The first-order valence-electron chi connectivity index (χ1n) is 8.82. The molecular weight excluding hydrogens is 328 g/mol. The highest BCUT2D eigenvalue weighted by Gasteiger charge is 2.15.